The van der Waals surface area contributed by atoms with Gasteiger partial charge in [-0.05, 0) is 68.3 Å². The molecule has 0 spiro atoms. The van der Waals surface area contributed by atoms with Crippen molar-refractivity contribution in [3.63, 3.8) is 0 Å². The number of hydrogen-bond acceptors (Lipinski definition) is 3. The van der Waals surface area contributed by atoms with Crippen molar-refractivity contribution in [1.82, 2.24) is 14.8 Å². The average Bonchev–Trinajstić information content (AvgIpc) is 3.31. The number of hydrogen-bond donors (Lipinski definition) is 1. The molecule has 0 aliphatic carbocycles. The SMILES string of the molecule is C[C@H]1CCC[C@H](C)N1CCCNC(=O)c1cc2sccc2n1Cc1ccc(F)cc1. The zero-order valence-corrected chi connectivity index (χ0v) is 18.6. The van der Waals surface area contributed by atoms with Crippen molar-refractivity contribution in [2.45, 2.75) is 58.2 Å². The lowest BCUT2D eigenvalue weighted by Crippen LogP contribution is -2.44. The van der Waals surface area contributed by atoms with Crippen LogP contribution in [0.25, 0.3) is 10.2 Å². The lowest BCUT2D eigenvalue weighted by atomic mass is 9.97. The van der Waals surface area contributed by atoms with Gasteiger partial charge in [0.15, 0.2) is 0 Å². The zero-order valence-electron chi connectivity index (χ0n) is 17.7. The van der Waals surface area contributed by atoms with Crippen molar-refractivity contribution < 1.29 is 9.18 Å². The molecule has 2 atom stereocenters. The fourth-order valence-corrected chi connectivity index (χ4v) is 5.40. The fraction of sp³-hybridized carbons (Fsp3) is 0.458. The zero-order chi connectivity index (χ0) is 21.1. The van der Waals surface area contributed by atoms with Gasteiger partial charge in [0.2, 0.25) is 0 Å². The molecule has 2 aromatic heterocycles. The van der Waals surface area contributed by atoms with Crippen LogP contribution in [0.15, 0.2) is 41.8 Å². The molecule has 4 nitrogen and oxygen atoms in total. The molecule has 30 heavy (non-hydrogen) atoms. The fourth-order valence-electron chi connectivity index (χ4n) is 4.58. The summed E-state index contributed by atoms with van der Waals surface area (Å²) in [6.07, 6.45) is 4.81. The van der Waals surface area contributed by atoms with E-state index in [4.69, 9.17) is 0 Å². The van der Waals surface area contributed by atoms with Gasteiger partial charge in [-0.3, -0.25) is 9.69 Å². The molecule has 0 radical (unpaired) electrons. The minimum atomic E-state index is -0.248. The summed E-state index contributed by atoms with van der Waals surface area (Å²) in [6.45, 7) is 6.86. The lowest BCUT2D eigenvalue weighted by molar-refractivity contribution is 0.0918. The third-order valence-electron chi connectivity index (χ3n) is 6.26. The molecule has 1 aromatic carbocycles. The Morgan fingerprint density at radius 1 is 1.17 bits per heavy atom. The van der Waals surface area contributed by atoms with Gasteiger partial charge in [-0.2, -0.15) is 0 Å². The van der Waals surface area contributed by atoms with Crippen LogP contribution in [0.5, 0.6) is 0 Å². The van der Waals surface area contributed by atoms with Crippen LogP contribution in [-0.2, 0) is 6.54 Å². The van der Waals surface area contributed by atoms with Crippen LogP contribution >= 0.6 is 11.3 Å². The Morgan fingerprint density at radius 3 is 2.63 bits per heavy atom. The summed E-state index contributed by atoms with van der Waals surface area (Å²) < 4.78 is 16.4. The summed E-state index contributed by atoms with van der Waals surface area (Å²) in [4.78, 5) is 15.5. The van der Waals surface area contributed by atoms with Gasteiger partial charge in [-0.1, -0.05) is 18.6 Å². The van der Waals surface area contributed by atoms with Gasteiger partial charge in [0, 0.05) is 31.7 Å². The molecule has 6 heteroatoms. The number of fused-ring (bicyclic) bond motifs is 1. The van der Waals surface area contributed by atoms with Crippen molar-refractivity contribution in [3.8, 4) is 0 Å². The van der Waals surface area contributed by atoms with Crippen molar-refractivity contribution in [2.75, 3.05) is 13.1 Å². The average molecular weight is 428 g/mol. The molecule has 1 aliphatic rings. The second-order valence-electron chi connectivity index (χ2n) is 8.39. The number of piperidine rings is 1. The van der Waals surface area contributed by atoms with Crippen molar-refractivity contribution >= 4 is 27.5 Å². The molecule has 0 saturated carbocycles. The van der Waals surface area contributed by atoms with Crippen molar-refractivity contribution in [3.05, 3.63) is 58.9 Å². The van der Waals surface area contributed by atoms with Crippen molar-refractivity contribution in [1.29, 1.82) is 0 Å². The van der Waals surface area contributed by atoms with E-state index in [1.54, 1.807) is 23.5 Å². The third kappa shape index (κ3) is 4.60. The molecule has 1 saturated heterocycles. The number of thiophene rings is 1. The van der Waals surface area contributed by atoms with E-state index in [0.717, 1.165) is 28.7 Å². The van der Waals surface area contributed by atoms with E-state index in [1.807, 2.05) is 22.1 Å². The van der Waals surface area contributed by atoms with Crippen LogP contribution < -0.4 is 5.32 Å². The largest absolute Gasteiger partial charge is 0.351 e. The van der Waals surface area contributed by atoms with Crippen LogP contribution in [-0.4, -0.2) is 40.5 Å². The van der Waals surface area contributed by atoms with E-state index < -0.39 is 0 Å². The minimum Gasteiger partial charge on any atom is -0.351 e. The molecule has 4 rings (SSSR count). The number of carbonyl (C=O) groups is 1. The van der Waals surface area contributed by atoms with E-state index in [-0.39, 0.29) is 11.7 Å². The minimum absolute atomic E-state index is 0.0414. The topological polar surface area (TPSA) is 37.3 Å². The highest BCUT2D eigenvalue weighted by Crippen LogP contribution is 2.26. The number of nitrogens with one attached hydrogen (secondary N) is 1. The Bertz CT molecular complexity index is 984. The van der Waals surface area contributed by atoms with Crippen LogP contribution in [0.1, 0.15) is 55.6 Å². The Morgan fingerprint density at radius 2 is 1.90 bits per heavy atom. The number of benzene rings is 1. The summed E-state index contributed by atoms with van der Waals surface area (Å²) in [5.74, 6) is -0.289. The first-order valence-electron chi connectivity index (χ1n) is 10.9. The first-order chi connectivity index (χ1) is 14.5. The van der Waals surface area contributed by atoms with E-state index >= 15 is 0 Å². The summed E-state index contributed by atoms with van der Waals surface area (Å²) >= 11 is 1.63. The van der Waals surface area contributed by atoms with Gasteiger partial charge in [0.1, 0.15) is 11.5 Å². The Hall–Kier alpha value is -2.18. The molecule has 3 aromatic rings. The smallest absolute Gasteiger partial charge is 0.267 e. The molecule has 0 bridgehead atoms. The van der Waals surface area contributed by atoms with E-state index in [1.165, 1.54) is 31.4 Å². The summed E-state index contributed by atoms with van der Waals surface area (Å²) in [5, 5.41) is 5.15. The molecular weight excluding hydrogens is 397 g/mol. The second kappa shape index (κ2) is 9.31. The maximum atomic E-state index is 13.3. The number of likely N-dealkylation sites (tertiary alicyclic amines) is 1. The van der Waals surface area contributed by atoms with Gasteiger partial charge in [0.25, 0.3) is 5.91 Å². The number of carbonyl (C=O) groups excluding carboxylic acids is 1. The summed E-state index contributed by atoms with van der Waals surface area (Å²) in [7, 11) is 0. The Kier molecular flexibility index (Phi) is 6.54. The van der Waals surface area contributed by atoms with Crippen LogP contribution in [0, 0.1) is 5.82 Å². The number of aromatic nitrogens is 1. The first-order valence-corrected chi connectivity index (χ1v) is 11.8. The van der Waals surface area contributed by atoms with E-state index in [2.05, 4.69) is 24.1 Å². The molecular formula is C24H30FN3OS. The summed E-state index contributed by atoms with van der Waals surface area (Å²) in [6, 6.07) is 11.7. The maximum absolute atomic E-state index is 13.3. The highest BCUT2D eigenvalue weighted by atomic mass is 32.1. The molecule has 1 N–H and O–H groups in total. The Balaban J connectivity index is 1.40. The normalized spacial score (nSPS) is 20.0. The molecule has 0 unspecified atom stereocenters. The molecule has 1 amide bonds. The quantitative estimate of drug-likeness (QED) is 0.522. The highest BCUT2D eigenvalue weighted by Gasteiger charge is 2.24. The van der Waals surface area contributed by atoms with Crippen LogP contribution in [0.4, 0.5) is 4.39 Å². The van der Waals surface area contributed by atoms with Crippen LogP contribution in [0.2, 0.25) is 0 Å². The lowest BCUT2D eigenvalue weighted by Gasteiger charge is -2.39. The van der Waals surface area contributed by atoms with Gasteiger partial charge >= 0.3 is 0 Å². The number of amides is 1. The van der Waals surface area contributed by atoms with Crippen molar-refractivity contribution in [2.24, 2.45) is 0 Å². The van der Waals surface area contributed by atoms with Gasteiger partial charge in [-0.25, -0.2) is 4.39 Å². The highest BCUT2D eigenvalue weighted by molar-refractivity contribution is 7.17. The van der Waals surface area contributed by atoms with Gasteiger partial charge in [-0.15, -0.1) is 11.3 Å². The maximum Gasteiger partial charge on any atom is 0.267 e. The second-order valence-corrected chi connectivity index (χ2v) is 9.34. The standard InChI is InChI=1S/C24H30FN3OS/c1-17-5-3-6-18(2)27(17)13-4-12-26-24(29)22-15-23-21(11-14-30-23)28(22)16-19-7-9-20(25)10-8-19/h7-11,14-15,17-18H,3-6,12-13,16H2,1-2H3,(H,26,29)/t17-,18-/m0/s1. The molecule has 1 aliphatic heterocycles. The third-order valence-corrected chi connectivity index (χ3v) is 7.12. The Labute approximate surface area is 181 Å². The van der Waals surface area contributed by atoms with Gasteiger partial charge < -0.3 is 9.88 Å². The predicted octanol–water partition coefficient (Wildman–Crippen LogP) is 5.27. The van der Waals surface area contributed by atoms with Crippen LogP contribution in [0.3, 0.4) is 0 Å². The molecule has 3 heterocycles. The number of rotatable bonds is 7. The predicted molar refractivity (Wildman–Crippen MR) is 122 cm³/mol. The van der Waals surface area contributed by atoms with Gasteiger partial charge in [0.05, 0.1) is 10.2 Å². The number of nitrogens with zero attached hydrogens (tertiary/aromatic N) is 2. The summed E-state index contributed by atoms with van der Waals surface area (Å²) in [5.41, 5.74) is 2.69. The molecule has 1 fully saturated rings. The van der Waals surface area contributed by atoms with E-state index in [0.29, 0.717) is 30.9 Å². The number of halogens is 1. The first kappa shape index (κ1) is 21.1. The monoisotopic (exact) mass is 427 g/mol. The van der Waals surface area contributed by atoms with E-state index in [9.17, 15) is 9.18 Å². The molecule has 160 valence electrons.